The zero-order chi connectivity index (χ0) is 19.2. The van der Waals surface area contributed by atoms with Gasteiger partial charge in [-0.15, -0.1) is 5.10 Å². The van der Waals surface area contributed by atoms with Crippen molar-refractivity contribution in [2.24, 2.45) is 5.10 Å². The molecule has 1 fully saturated rings. The number of carbonyl (C=O) groups is 3. The van der Waals surface area contributed by atoms with E-state index in [0.717, 1.165) is 11.8 Å². The summed E-state index contributed by atoms with van der Waals surface area (Å²) in [6.45, 7) is 0. The lowest BCUT2D eigenvalue weighted by Crippen LogP contribution is -2.42. The first kappa shape index (κ1) is 18.9. The predicted octanol–water partition coefficient (Wildman–Crippen LogP) is 2.60. The lowest BCUT2D eigenvalue weighted by Gasteiger charge is -2.22. The third-order valence-electron chi connectivity index (χ3n) is 3.58. The number of para-hydroxylation sites is 1. The second-order valence-corrected chi connectivity index (χ2v) is 7.15. The number of amides is 3. The number of halogens is 1. The minimum atomic E-state index is -0.657. The molecule has 9 heteroatoms. The fourth-order valence-corrected chi connectivity index (χ4v) is 3.46. The van der Waals surface area contributed by atoms with Crippen molar-refractivity contribution in [1.82, 2.24) is 10.7 Å². The van der Waals surface area contributed by atoms with Crippen LogP contribution in [0.5, 0.6) is 0 Å². The topological polar surface area (TPSA) is 99.7 Å². The molecule has 1 saturated heterocycles. The average molecular weight is 403 g/mol. The van der Waals surface area contributed by atoms with E-state index >= 15 is 0 Å². The zero-order valence-electron chi connectivity index (χ0n) is 13.9. The van der Waals surface area contributed by atoms with E-state index in [1.54, 1.807) is 48.5 Å². The lowest BCUT2D eigenvalue weighted by molar-refractivity contribution is -0.123. The molecule has 0 aliphatic carbocycles. The van der Waals surface area contributed by atoms with E-state index < -0.39 is 11.2 Å². The number of hydrogen-bond acceptors (Lipinski definition) is 5. The van der Waals surface area contributed by atoms with Gasteiger partial charge in [0, 0.05) is 12.1 Å². The fraction of sp³-hybridized carbons (Fsp3) is 0.111. The molecule has 1 aliphatic rings. The van der Waals surface area contributed by atoms with Crippen molar-refractivity contribution < 1.29 is 14.4 Å². The van der Waals surface area contributed by atoms with E-state index in [1.807, 2.05) is 6.07 Å². The van der Waals surface area contributed by atoms with Crippen LogP contribution in [0, 0.1) is 0 Å². The summed E-state index contributed by atoms with van der Waals surface area (Å²) in [5, 5.41) is 8.95. The van der Waals surface area contributed by atoms with Crippen molar-refractivity contribution in [2.45, 2.75) is 11.7 Å². The van der Waals surface area contributed by atoms with Crippen LogP contribution in [0.25, 0.3) is 0 Å². The van der Waals surface area contributed by atoms with E-state index in [-0.39, 0.29) is 34.0 Å². The minimum Gasteiger partial charge on any atom is -0.325 e. The summed E-state index contributed by atoms with van der Waals surface area (Å²) in [5.74, 6) is -1.18. The first-order valence-corrected chi connectivity index (χ1v) is 9.23. The Balaban J connectivity index is 1.65. The Morgan fingerprint density at radius 3 is 2.56 bits per heavy atom. The van der Waals surface area contributed by atoms with Crippen molar-refractivity contribution in [1.29, 1.82) is 0 Å². The highest BCUT2D eigenvalue weighted by Crippen LogP contribution is 2.22. The molecule has 0 saturated carbocycles. The molecule has 0 bridgehead atoms. The van der Waals surface area contributed by atoms with E-state index in [1.165, 1.54) is 0 Å². The van der Waals surface area contributed by atoms with Crippen LogP contribution in [-0.4, -0.2) is 28.1 Å². The Morgan fingerprint density at radius 2 is 1.81 bits per heavy atom. The molecule has 2 aromatic rings. The van der Waals surface area contributed by atoms with Gasteiger partial charge in [0.05, 0.1) is 10.6 Å². The summed E-state index contributed by atoms with van der Waals surface area (Å²) in [7, 11) is 0. The van der Waals surface area contributed by atoms with Crippen molar-refractivity contribution in [3.05, 3.63) is 65.2 Å². The summed E-state index contributed by atoms with van der Waals surface area (Å²) < 4.78 is 0. The average Bonchev–Trinajstić information content (AvgIpc) is 2.67. The summed E-state index contributed by atoms with van der Waals surface area (Å²) in [5.41, 5.74) is 3.23. The van der Waals surface area contributed by atoms with E-state index in [2.05, 4.69) is 21.2 Å². The van der Waals surface area contributed by atoms with Crippen LogP contribution < -0.4 is 16.1 Å². The second-order valence-electron chi connectivity index (χ2n) is 5.55. The summed E-state index contributed by atoms with van der Waals surface area (Å²) >= 11 is 7.03. The van der Waals surface area contributed by atoms with Crippen molar-refractivity contribution in [2.75, 3.05) is 5.32 Å². The van der Waals surface area contributed by atoms with Crippen molar-refractivity contribution in [3.63, 3.8) is 0 Å². The maximum atomic E-state index is 12.4. The molecular weight excluding hydrogens is 388 g/mol. The van der Waals surface area contributed by atoms with Gasteiger partial charge >= 0.3 is 0 Å². The van der Waals surface area contributed by atoms with Gasteiger partial charge in [0.2, 0.25) is 11.8 Å². The first-order chi connectivity index (χ1) is 13.0. The summed E-state index contributed by atoms with van der Waals surface area (Å²) in [6.07, 6.45) is 0.0147. The molecule has 0 radical (unpaired) electrons. The molecule has 27 heavy (non-hydrogen) atoms. The van der Waals surface area contributed by atoms with Crippen LogP contribution in [0.4, 0.5) is 5.69 Å². The molecule has 1 aliphatic heterocycles. The molecule has 0 spiro atoms. The van der Waals surface area contributed by atoms with Gasteiger partial charge in [-0.3, -0.25) is 14.4 Å². The van der Waals surface area contributed by atoms with E-state index in [9.17, 15) is 14.4 Å². The standard InChI is InChI=1S/C18H15ClN4O3S/c19-13-9-5-4-8-12(13)16(25)22-23-18-21-15(24)10-14(27-18)17(26)20-11-6-2-1-3-7-11/h1-9,14H,10H2,(H,20,26)(H,22,25)(H,21,23,24)/t14-/m1/s1. The fourth-order valence-electron chi connectivity index (χ4n) is 2.30. The van der Waals surface area contributed by atoms with Gasteiger partial charge in [0.15, 0.2) is 5.17 Å². The van der Waals surface area contributed by atoms with E-state index in [4.69, 9.17) is 11.6 Å². The number of nitrogens with zero attached hydrogens (tertiary/aromatic N) is 1. The highest BCUT2D eigenvalue weighted by Gasteiger charge is 2.30. The molecule has 3 amide bonds. The number of carbonyl (C=O) groups excluding carboxylic acids is 3. The van der Waals surface area contributed by atoms with Gasteiger partial charge < -0.3 is 10.6 Å². The van der Waals surface area contributed by atoms with Crippen LogP contribution in [-0.2, 0) is 9.59 Å². The maximum Gasteiger partial charge on any atom is 0.272 e. The molecule has 0 aromatic heterocycles. The van der Waals surface area contributed by atoms with Crippen LogP contribution in [0.3, 0.4) is 0 Å². The molecule has 7 nitrogen and oxygen atoms in total. The third kappa shape index (κ3) is 5.08. The van der Waals surface area contributed by atoms with Gasteiger partial charge in [-0.2, -0.15) is 0 Å². The number of thioether (sulfide) groups is 1. The van der Waals surface area contributed by atoms with E-state index in [0.29, 0.717) is 5.69 Å². The van der Waals surface area contributed by atoms with Crippen molar-refractivity contribution >= 4 is 51.9 Å². The predicted molar refractivity (Wildman–Crippen MR) is 106 cm³/mol. The van der Waals surface area contributed by atoms with Crippen LogP contribution in [0.15, 0.2) is 59.7 Å². The molecule has 3 rings (SSSR count). The number of hydrogen-bond donors (Lipinski definition) is 3. The molecule has 1 atom stereocenters. The van der Waals surface area contributed by atoms with Crippen molar-refractivity contribution in [3.8, 4) is 0 Å². The first-order valence-electron chi connectivity index (χ1n) is 7.98. The molecular formula is C18H15ClN4O3S. The van der Waals surface area contributed by atoms with Crippen LogP contribution in [0.1, 0.15) is 16.8 Å². The molecule has 2 aromatic carbocycles. The molecule has 138 valence electrons. The molecule has 0 unspecified atom stereocenters. The quantitative estimate of drug-likeness (QED) is 0.684. The molecule has 1 heterocycles. The number of rotatable bonds is 4. The monoisotopic (exact) mass is 402 g/mol. The SMILES string of the molecule is O=C1C[C@H](C(=O)Nc2ccccc2)SC(=NNC(=O)c2ccccc2Cl)N1. The highest BCUT2D eigenvalue weighted by molar-refractivity contribution is 8.15. The summed E-state index contributed by atoms with van der Waals surface area (Å²) in [6, 6.07) is 15.5. The largest absolute Gasteiger partial charge is 0.325 e. The number of anilines is 1. The van der Waals surface area contributed by atoms with Gasteiger partial charge in [0.25, 0.3) is 5.91 Å². The summed E-state index contributed by atoms with van der Waals surface area (Å²) in [4.78, 5) is 36.4. The minimum absolute atomic E-state index is 0.0147. The smallest absolute Gasteiger partial charge is 0.272 e. The Labute approximate surface area is 164 Å². The maximum absolute atomic E-state index is 12.4. The van der Waals surface area contributed by atoms with Gasteiger partial charge in [-0.25, -0.2) is 5.43 Å². The Morgan fingerprint density at radius 1 is 1.11 bits per heavy atom. The second kappa shape index (κ2) is 8.70. The van der Waals surface area contributed by atoms with Gasteiger partial charge in [-0.05, 0) is 24.3 Å². The number of hydrazone groups is 1. The normalized spacial score (nSPS) is 17.9. The number of benzene rings is 2. The molecule has 3 N–H and O–H groups in total. The third-order valence-corrected chi connectivity index (χ3v) is 4.99. The van der Waals surface area contributed by atoms with Gasteiger partial charge in [0.1, 0.15) is 5.25 Å². The van der Waals surface area contributed by atoms with Crippen LogP contribution in [0.2, 0.25) is 5.02 Å². The number of nitrogens with one attached hydrogen (secondary N) is 3. The Hall–Kier alpha value is -2.84. The zero-order valence-corrected chi connectivity index (χ0v) is 15.5. The highest BCUT2D eigenvalue weighted by atomic mass is 35.5. The van der Waals surface area contributed by atoms with Gasteiger partial charge in [-0.1, -0.05) is 53.7 Å². The lowest BCUT2D eigenvalue weighted by atomic mass is 10.2. The number of amidine groups is 1. The Bertz CT molecular complexity index is 904. The Kier molecular flexibility index (Phi) is 6.10. The van der Waals surface area contributed by atoms with Crippen LogP contribution >= 0.6 is 23.4 Å².